The Kier molecular flexibility index (Phi) is 2.71. The van der Waals surface area contributed by atoms with E-state index in [1.165, 1.54) is 0 Å². The van der Waals surface area contributed by atoms with Gasteiger partial charge in [-0.05, 0) is 12.5 Å². The standard InChI is InChI=1S/C12H11N6O/c1-7(8-5-3-2-4-6-8)19-11-9-10(17-18-16-9)14-12(13)15-11/h2-7H,1H3,(H2-,13,14,15,16,17,18)/q-1. The van der Waals surface area contributed by atoms with E-state index >= 15 is 0 Å². The van der Waals surface area contributed by atoms with Crippen molar-refractivity contribution in [2.24, 2.45) is 0 Å². The van der Waals surface area contributed by atoms with Gasteiger partial charge in [-0.15, -0.1) is 0 Å². The number of nitrogens with two attached hydrogens (primary N) is 1. The maximum atomic E-state index is 5.78. The highest BCUT2D eigenvalue weighted by Gasteiger charge is 2.13. The van der Waals surface area contributed by atoms with E-state index < -0.39 is 0 Å². The van der Waals surface area contributed by atoms with Crippen molar-refractivity contribution >= 4 is 17.1 Å². The summed E-state index contributed by atoms with van der Waals surface area (Å²) < 4.78 is 5.78. The van der Waals surface area contributed by atoms with E-state index in [4.69, 9.17) is 10.5 Å². The van der Waals surface area contributed by atoms with Gasteiger partial charge in [-0.25, -0.2) is 0 Å². The van der Waals surface area contributed by atoms with Crippen molar-refractivity contribution in [3.8, 4) is 5.88 Å². The van der Waals surface area contributed by atoms with Crippen molar-refractivity contribution < 1.29 is 4.74 Å². The largest absolute Gasteiger partial charge is 0.491 e. The molecular weight excluding hydrogens is 244 g/mol. The highest BCUT2D eigenvalue weighted by molar-refractivity contribution is 5.75. The molecule has 0 saturated heterocycles. The van der Waals surface area contributed by atoms with E-state index in [0.717, 1.165) is 5.56 Å². The van der Waals surface area contributed by atoms with Crippen LogP contribution in [0.3, 0.4) is 0 Å². The molecule has 1 aromatic carbocycles. The van der Waals surface area contributed by atoms with Crippen molar-refractivity contribution in [1.29, 1.82) is 0 Å². The Morgan fingerprint density at radius 3 is 2.74 bits per heavy atom. The van der Waals surface area contributed by atoms with Gasteiger partial charge in [-0.1, -0.05) is 30.3 Å². The average Bonchev–Trinajstić information content (AvgIpc) is 2.88. The second-order valence-electron chi connectivity index (χ2n) is 4.02. The molecule has 19 heavy (non-hydrogen) atoms. The molecule has 0 aliphatic rings. The Hall–Kier alpha value is -2.70. The van der Waals surface area contributed by atoms with Crippen LogP contribution in [0.1, 0.15) is 18.6 Å². The predicted octanol–water partition coefficient (Wildman–Crippen LogP) is 1.10. The Morgan fingerprint density at radius 1 is 1.16 bits per heavy atom. The zero-order valence-corrected chi connectivity index (χ0v) is 10.2. The summed E-state index contributed by atoms with van der Waals surface area (Å²) in [5.41, 5.74) is 7.38. The molecule has 2 N–H and O–H groups in total. The fourth-order valence-electron chi connectivity index (χ4n) is 1.75. The van der Waals surface area contributed by atoms with E-state index in [0.29, 0.717) is 17.0 Å². The zero-order valence-electron chi connectivity index (χ0n) is 10.2. The number of anilines is 1. The predicted molar refractivity (Wildman–Crippen MR) is 68.3 cm³/mol. The number of rotatable bonds is 3. The molecule has 1 atom stereocenters. The first-order chi connectivity index (χ1) is 9.24. The maximum Gasteiger partial charge on any atom is 0.246 e. The highest BCUT2D eigenvalue weighted by atomic mass is 16.5. The van der Waals surface area contributed by atoms with Crippen molar-refractivity contribution in [2.75, 3.05) is 5.73 Å². The Balaban J connectivity index is 1.95. The van der Waals surface area contributed by atoms with Crippen LogP contribution < -0.4 is 15.7 Å². The molecule has 3 aromatic rings. The number of benzene rings is 1. The van der Waals surface area contributed by atoms with Gasteiger partial charge in [-0.3, -0.25) is 0 Å². The summed E-state index contributed by atoms with van der Waals surface area (Å²) in [6, 6.07) is 9.79. The van der Waals surface area contributed by atoms with Gasteiger partial charge in [0.25, 0.3) is 0 Å². The minimum absolute atomic E-state index is 0.0880. The summed E-state index contributed by atoms with van der Waals surface area (Å²) in [6.07, 6.45) is -0.185. The molecule has 7 nitrogen and oxygen atoms in total. The maximum absolute atomic E-state index is 5.78. The van der Waals surface area contributed by atoms with E-state index in [2.05, 4.69) is 25.4 Å². The second kappa shape index (κ2) is 4.52. The van der Waals surface area contributed by atoms with Crippen LogP contribution in [0, 0.1) is 0 Å². The summed E-state index contributed by atoms with van der Waals surface area (Å²) in [7, 11) is 0. The minimum atomic E-state index is -0.185. The topological polar surface area (TPSA) is 101 Å². The van der Waals surface area contributed by atoms with Crippen LogP contribution in [0.5, 0.6) is 5.88 Å². The molecule has 3 rings (SSSR count). The molecule has 0 aliphatic heterocycles. The zero-order chi connectivity index (χ0) is 13.2. The summed E-state index contributed by atoms with van der Waals surface area (Å²) in [6.45, 7) is 1.92. The first kappa shape index (κ1) is 11.4. The fourth-order valence-corrected chi connectivity index (χ4v) is 1.75. The van der Waals surface area contributed by atoms with Crippen LogP contribution in [-0.2, 0) is 0 Å². The van der Waals surface area contributed by atoms with Crippen molar-refractivity contribution in [3.05, 3.63) is 35.9 Å². The van der Waals surface area contributed by atoms with E-state index in [1.54, 1.807) is 0 Å². The number of hydrogen-bond donors (Lipinski definition) is 1. The van der Waals surface area contributed by atoms with Crippen molar-refractivity contribution in [3.63, 3.8) is 0 Å². The molecule has 0 bridgehead atoms. The molecule has 96 valence electrons. The Bertz CT molecular complexity index is 696. The Morgan fingerprint density at radius 2 is 1.95 bits per heavy atom. The molecule has 7 heteroatoms. The summed E-state index contributed by atoms with van der Waals surface area (Å²) in [5.74, 6) is 0.383. The second-order valence-corrected chi connectivity index (χ2v) is 4.02. The van der Waals surface area contributed by atoms with Crippen molar-refractivity contribution in [2.45, 2.75) is 13.0 Å². The normalized spacial score (nSPS) is 12.5. The monoisotopic (exact) mass is 255 g/mol. The van der Waals surface area contributed by atoms with Gasteiger partial charge in [0.1, 0.15) is 11.6 Å². The lowest BCUT2D eigenvalue weighted by Gasteiger charge is -2.14. The number of fused-ring (bicyclic) bond motifs is 1. The van der Waals surface area contributed by atoms with Gasteiger partial charge >= 0.3 is 0 Å². The molecule has 2 heterocycles. The van der Waals surface area contributed by atoms with Gasteiger partial charge in [0.15, 0.2) is 5.65 Å². The molecule has 0 amide bonds. The van der Waals surface area contributed by atoms with E-state index in [-0.39, 0.29) is 12.1 Å². The van der Waals surface area contributed by atoms with Gasteiger partial charge in [0, 0.05) is 0 Å². The van der Waals surface area contributed by atoms with E-state index in [9.17, 15) is 0 Å². The van der Waals surface area contributed by atoms with Crippen LogP contribution in [-0.4, -0.2) is 20.2 Å². The van der Waals surface area contributed by atoms with Gasteiger partial charge in [0.05, 0.1) is 0 Å². The third kappa shape index (κ3) is 2.17. The lowest BCUT2D eigenvalue weighted by molar-refractivity contribution is 0.220. The quantitative estimate of drug-likeness (QED) is 0.747. The molecule has 1 unspecified atom stereocenters. The van der Waals surface area contributed by atoms with Gasteiger partial charge in [-0.2, -0.15) is 9.97 Å². The third-order valence-electron chi connectivity index (χ3n) is 2.69. The van der Waals surface area contributed by atoms with Gasteiger partial charge in [0.2, 0.25) is 11.8 Å². The fraction of sp³-hybridized carbons (Fsp3) is 0.167. The molecule has 0 radical (unpaired) electrons. The van der Waals surface area contributed by atoms with E-state index in [1.807, 2.05) is 37.3 Å². The molecule has 0 aliphatic carbocycles. The van der Waals surface area contributed by atoms with Crippen LogP contribution >= 0.6 is 0 Å². The minimum Gasteiger partial charge on any atom is -0.491 e. The molecular formula is C12H11N6O-. The van der Waals surface area contributed by atoms with Crippen molar-refractivity contribution in [1.82, 2.24) is 25.4 Å². The van der Waals surface area contributed by atoms with Gasteiger partial charge < -0.3 is 25.9 Å². The first-order valence-corrected chi connectivity index (χ1v) is 5.75. The SMILES string of the molecule is CC(Oc1nc(N)nc2n[n-]nc12)c1ccccc1. The smallest absolute Gasteiger partial charge is 0.246 e. The molecule has 0 saturated carbocycles. The molecule has 2 aromatic heterocycles. The lowest BCUT2D eigenvalue weighted by atomic mass is 10.1. The van der Waals surface area contributed by atoms with Crippen LogP contribution in [0.15, 0.2) is 30.3 Å². The number of ether oxygens (including phenoxy) is 1. The summed E-state index contributed by atoms with van der Waals surface area (Å²) in [5, 5.41) is 11.1. The number of hydrogen-bond acceptors (Lipinski definition) is 6. The first-order valence-electron chi connectivity index (χ1n) is 5.75. The summed E-state index contributed by atoms with van der Waals surface area (Å²) in [4.78, 5) is 7.97. The number of nitrogen functional groups attached to an aromatic ring is 1. The number of aromatic nitrogens is 5. The lowest BCUT2D eigenvalue weighted by Crippen LogP contribution is -2.06. The van der Waals surface area contributed by atoms with Crippen LogP contribution in [0.2, 0.25) is 0 Å². The van der Waals surface area contributed by atoms with Crippen LogP contribution in [0.25, 0.3) is 11.2 Å². The molecule has 0 fully saturated rings. The molecule has 0 spiro atoms. The van der Waals surface area contributed by atoms with Crippen LogP contribution in [0.4, 0.5) is 5.95 Å². The summed E-state index contributed by atoms with van der Waals surface area (Å²) >= 11 is 0. The Labute approximate surface area is 108 Å². The average molecular weight is 255 g/mol. The number of nitrogens with zero attached hydrogens (tertiary/aromatic N) is 5. The highest BCUT2D eigenvalue weighted by Crippen LogP contribution is 2.24. The third-order valence-corrected chi connectivity index (χ3v) is 2.69.